The minimum atomic E-state index is -0.500. The first-order valence-corrected chi connectivity index (χ1v) is 7.58. The molecule has 0 atom stereocenters. The largest absolute Gasteiger partial charge is 0.493 e. The van der Waals surface area contributed by atoms with Gasteiger partial charge in [-0.15, -0.1) is 0 Å². The van der Waals surface area contributed by atoms with E-state index in [4.69, 9.17) is 18.9 Å². The summed E-state index contributed by atoms with van der Waals surface area (Å²) in [7, 11) is 5.94. The standard InChI is InChI=1S/C18H20N2O6/c1-23-13-7-5-11(9-15(13)25-3)17(21)19-20-18(22)12-6-8-14(24-2)16(10-12)26-4/h5-10H,1-4H3,(H,19,21)(H,20,22). The molecule has 0 aromatic heterocycles. The maximum absolute atomic E-state index is 12.2. The molecule has 138 valence electrons. The Bertz CT molecular complexity index is 739. The Kier molecular flexibility index (Phi) is 6.26. The van der Waals surface area contributed by atoms with Gasteiger partial charge in [0.2, 0.25) is 0 Å². The number of amides is 2. The van der Waals surface area contributed by atoms with Crippen LogP contribution in [-0.4, -0.2) is 40.3 Å². The number of rotatable bonds is 6. The van der Waals surface area contributed by atoms with Gasteiger partial charge in [0.15, 0.2) is 23.0 Å². The van der Waals surface area contributed by atoms with E-state index in [-0.39, 0.29) is 0 Å². The number of hydrogen-bond acceptors (Lipinski definition) is 6. The number of carbonyl (C=O) groups is 2. The molecule has 0 unspecified atom stereocenters. The maximum atomic E-state index is 12.2. The number of carbonyl (C=O) groups excluding carboxylic acids is 2. The summed E-state index contributed by atoms with van der Waals surface area (Å²) in [6.45, 7) is 0. The monoisotopic (exact) mass is 360 g/mol. The van der Waals surface area contributed by atoms with Gasteiger partial charge >= 0.3 is 0 Å². The highest BCUT2D eigenvalue weighted by Gasteiger charge is 2.14. The number of nitrogens with one attached hydrogen (secondary N) is 2. The van der Waals surface area contributed by atoms with Gasteiger partial charge in [-0.25, -0.2) is 0 Å². The molecular formula is C18H20N2O6. The Morgan fingerprint density at radius 1 is 0.615 bits per heavy atom. The van der Waals surface area contributed by atoms with E-state index in [1.807, 2.05) is 0 Å². The van der Waals surface area contributed by atoms with Crippen LogP contribution in [0.4, 0.5) is 0 Å². The lowest BCUT2D eigenvalue weighted by molar-refractivity contribution is 0.0846. The number of ether oxygens (including phenoxy) is 4. The van der Waals surface area contributed by atoms with Crippen molar-refractivity contribution in [1.29, 1.82) is 0 Å². The number of hydrazine groups is 1. The van der Waals surface area contributed by atoms with Crippen LogP contribution in [0.15, 0.2) is 36.4 Å². The van der Waals surface area contributed by atoms with Gasteiger partial charge in [-0.3, -0.25) is 20.4 Å². The molecule has 0 aliphatic carbocycles. The summed E-state index contributed by atoms with van der Waals surface area (Å²) in [5.74, 6) is 0.814. The van der Waals surface area contributed by atoms with Crippen molar-refractivity contribution in [2.45, 2.75) is 0 Å². The summed E-state index contributed by atoms with van der Waals surface area (Å²) in [5, 5.41) is 0. The molecule has 2 amide bonds. The Morgan fingerprint density at radius 3 is 1.27 bits per heavy atom. The summed E-state index contributed by atoms with van der Waals surface area (Å²) in [5.41, 5.74) is 5.29. The lowest BCUT2D eigenvalue weighted by atomic mass is 10.2. The minimum absolute atomic E-state index is 0.301. The van der Waals surface area contributed by atoms with Crippen LogP contribution in [0.3, 0.4) is 0 Å². The summed E-state index contributed by atoms with van der Waals surface area (Å²) < 4.78 is 20.5. The van der Waals surface area contributed by atoms with Gasteiger partial charge in [-0.05, 0) is 36.4 Å². The third-order valence-corrected chi connectivity index (χ3v) is 3.58. The zero-order chi connectivity index (χ0) is 19.1. The Balaban J connectivity index is 2.06. The van der Waals surface area contributed by atoms with Crippen LogP contribution in [-0.2, 0) is 0 Å². The Hall–Kier alpha value is -3.42. The van der Waals surface area contributed by atoms with E-state index in [9.17, 15) is 9.59 Å². The minimum Gasteiger partial charge on any atom is -0.493 e. The molecule has 0 aliphatic rings. The van der Waals surface area contributed by atoms with Crippen molar-refractivity contribution in [3.05, 3.63) is 47.5 Å². The Labute approximate surface area is 151 Å². The zero-order valence-electron chi connectivity index (χ0n) is 14.9. The van der Waals surface area contributed by atoms with E-state index in [2.05, 4.69) is 10.9 Å². The predicted molar refractivity (Wildman–Crippen MR) is 94.0 cm³/mol. The summed E-state index contributed by atoms with van der Waals surface area (Å²) in [6, 6.07) is 9.33. The molecular weight excluding hydrogens is 340 g/mol. The van der Waals surface area contributed by atoms with Crippen molar-refractivity contribution in [3.63, 3.8) is 0 Å². The van der Waals surface area contributed by atoms with E-state index < -0.39 is 11.8 Å². The molecule has 2 aromatic rings. The molecule has 2 rings (SSSR count). The molecule has 0 radical (unpaired) electrons. The molecule has 8 heteroatoms. The molecule has 0 fully saturated rings. The Morgan fingerprint density at radius 2 is 0.962 bits per heavy atom. The predicted octanol–water partition coefficient (Wildman–Crippen LogP) is 1.80. The molecule has 0 saturated carbocycles. The second-order valence-corrected chi connectivity index (χ2v) is 5.05. The number of hydrogen-bond donors (Lipinski definition) is 2. The van der Waals surface area contributed by atoms with Gasteiger partial charge in [0.25, 0.3) is 11.8 Å². The van der Waals surface area contributed by atoms with Crippen molar-refractivity contribution < 1.29 is 28.5 Å². The van der Waals surface area contributed by atoms with Gasteiger partial charge in [0, 0.05) is 11.1 Å². The molecule has 0 bridgehead atoms. The van der Waals surface area contributed by atoms with Gasteiger partial charge in [0.05, 0.1) is 28.4 Å². The molecule has 0 aliphatic heterocycles. The topological polar surface area (TPSA) is 95.1 Å². The first-order valence-electron chi connectivity index (χ1n) is 7.58. The van der Waals surface area contributed by atoms with E-state index in [1.54, 1.807) is 24.3 Å². The molecule has 26 heavy (non-hydrogen) atoms. The molecule has 0 saturated heterocycles. The highest BCUT2D eigenvalue weighted by atomic mass is 16.5. The number of methoxy groups -OCH3 is 4. The molecule has 2 aromatic carbocycles. The van der Waals surface area contributed by atoms with Gasteiger partial charge in [0.1, 0.15) is 0 Å². The summed E-state index contributed by atoms with van der Waals surface area (Å²) in [6.07, 6.45) is 0. The molecule has 0 spiro atoms. The van der Waals surface area contributed by atoms with Crippen molar-refractivity contribution in [2.75, 3.05) is 28.4 Å². The number of benzene rings is 2. The van der Waals surface area contributed by atoms with Crippen LogP contribution in [0.5, 0.6) is 23.0 Å². The summed E-state index contributed by atoms with van der Waals surface area (Å²) in [4.78, 5) is 24.4. The quantitative estimate of drug-likeness (QED) is 0.763. The van der Waals surface area contributed by atoms with Crippen LogP contribution in [0.1, 0.15) is 20.7 Å². The van der Waals surface area contributed by atoms with Crippen LogP contribution >= 0.6 is 0 Å². The molecule has 8 nitrogen and oxygen atoms in total. The SMILES string of the molecule is COc1ccc(C(=O)NNC(=O)c2ccc(OC)c(OC)c2)cc1OC. The first-order chi connectivity index (χ1) is 12.5. The van der Waals surface area contributed by atoms with Crippen molar-refractivity contribution in [3.8, 4) is 23.0 Å². The lowest BCUT2D eigenvalue weighted by Crippen LogP contribution is -2.41. The molecule has 0 heterocycles. The van der Waals surface area contributed by atoms with E-state index in [0.29, 0.717) is 34.1 Å². The smallest absolute Gasteiger partial charge is 0.269 e. The lowest BCUT2D eigenvalue weighted by Gasteiger charge is -2.12. The summed E-state index contributed by atoms with van der Waals surface area (Å²) >= 11 is 0. The van der Waals surface area contributed by atoms with Crippen LogP contribution in [0.25, 0.3) is 0 Å². The average molecular weight is 360 g/mol. The van der Waals surface area contributed by atoms with Crippen LogP contribution < -0.4 is 29.8 Å². The van der Waals surface area contributed by atoms with Crippen molar-refractivity contribution in [2.24, 2.45) is 0 Å². The maximum Gasteiger partial charge on any atom is 0.269 e. The highest BCUT2D eigenvalue weighted by molar-refractivity contribution is 5.99. The average Bonchev–Trinajstić information content (AvgIpc) is 2.70. The highest BCUT2D eigenvalue weighted by Crippen LogP contribution is 2.28. The fourth-order valence-corrected chi connectivity index (χ4v) is 2.21. The fourth-order valence-electron chi connectivity index (χ4n) is 2.21. The van der Waals surface area contributed by atoms with Crippen LogP contribution in [0, 0.1) is 0 Å². The van der Waals surface area contributed by atoms with Gasteiger partial charge in [-0.2, -0.15) is 0 Å². The second-order valence-electron chi connectivity index (χ2n) is 5.05. The second kappa shape index (κ2) is 8.61. The third kappa shape index (κ3) is 4.15. The van der Waals surface area contributed by atoms with Crippen molar-refractivity contribution in [1.82, 2.24) is 10.9 Å². The third-order valence-electron chi connectivity index (χ3n) is 3.58. The van der Waals surface area contributed by atoms with E-state index in [1.165, 1.54) is 40.6 Å². The van der Waals surface area contributed by atoms with E-state index in [0.717, 1.165) is 0 Å². The zero-order valence-corrected chi connectivity index (χ0v) is 14.9. The fraction of sp³-hybridized carbons (Fsp3) is 0.222. The van der Waals surface area contributed by atoms with Crippen LogP contribution in [0.2, 0.25) is 0 Å². The molecule has 2 N–H and O–H groups in total. The van der Waals surface area contributed by atoms with Gasteiger partial charge in [-0.1, -0.05) is 0 Å². The van der Waals surface area contributed by atoms with Crippen molar-refractivity contribution >= 4 is 11.8 Å². The van der Waals surface area contributed by atoms with E-state index >= 15 is 0 Å². The van der Waals surface area contributed by atoms with Gasteiger partial charge < -0.3 is 18.9 Å². The first kappa shape index (κ1) is 18.9. The normalized spacial score (nSPS) is 9.85.